The molecule has 0 unspecified atom stereocenters. The van der Waals surface area contributed by atoms with Crippen molar-refractivity contribution in [2.75, 3.05) is 30.3 Å². The lowest BCUT2D eigenvalue weighted by atomic mass is 10.2. The minimum absolute atomic E-state index is 0.306. The third kappa shape index (κ3) is 6.45. The third-order valence-electron chi connectivity index (χ3n) is 2.70. The van der Waals surface area contributed by atoms with Gasteiger partial charge in [-0.15, -0.1) is 0 Å². The van der Waals surface area contributed by atoms with Gasteiger partial charge < -0.3 is 15.7 Å². The standard InChI is InChI=1S/C14H25N3O/c1-2-10-15-13-8-7-9-14(17-13)16-11-5-3-4-6-12-18/h7-9,18H,2-6,10-12H2,1H3,(H2,15,16,17). The predicted molar refractivity (Wildman–Crippen MR) is 77.1 cm³/mol. The summed E-state index contributed by atoms with van der Waals surface area (Å²) in [6, 6.07) is 5.99. The maximum Gasteiger partial charge on any atom is 0.128 e. The van der Waals surface area contributed by atoms with Gasteiger partial charge >= 0.3 is 0 Å². The van der Waals surface area contributed by atoms with Gasteiger partial charge in [-0.05, 0) is 31.4 Å². The van der Waals surface area contributed by atoms with Crippen molar-refractivity contribution >= 4 is 11.6 Å². The van der Waals surface area contributed by atoms with Gasteiger partial charge in [0.15, 0.2) is 0 Å². The van der Waals surface area contributed by atoms with E-state index in [-0.39, 0.29) is 0 Å². The van der Waals surface area contributed by atoms with Gasteiger partial charge in [-0.1, -0.05) is 25.8 Å². The van der Waals surface area contributed by atoms with Crippen molar-refractivity contribution in [3.05, 3.63) is 18.2 Å². The van der Waals surface area contributed by atoms with E-state index in [0.717, 1.165) is 56.8 Å². The summed E-state index contributed by atoms with van der Waals surface area (Å²) in [5, 5.41) is 15.3. The van der Waals surface area contributed by atoms with Crippen LogP contribution in [-0.2, 0) is 0 Å². The van der Waals surface area contributed by atoms with Crippen molar-refractivity contribution in [3.63, 3.8) is 0 Å². The molecule has 0 aromatic carbocycles. The second-order valence-electron chi connectivity index (χ2n) is 4.40. The molecule has 1 rings (SSSR count). The Morgan fingerprint density at radius 1 is 1.00 bits per heavy atom. The minimum atomic E-state index is 0.306. The van der Waals surface area contributed by atoms with Crippen LogP contribution in [0.15, 0.2) is 18.2 Å². The Morgan fingerprint density at radius 2 is 1.67 bits per heavy atom. The average Bonchev–Trinajstić information content (AvgIpc) is 2.41. The van der Waals surface area contributed by atoms with Crippen LogP contribution in [0.3, 0.4) is 0 Å². The largest absolute Gasteiger partial charge is 0.396 e. The summed E-state index contributed by atoms with van der Waals surface area (Å²) < 4.78 is 0. The summed E-state index contributed by atoms with van der Waals surface area (Å²) in [6.45, 7) is 4.34. The number of anilines is 2. The van der Waals surface area contributed by atoms with E-state index in [2.05, 4.69) is 22.5 Å². The fraction of sp³-hybridized carbons (Fsp3) is 0.643. The van der Waals surface area contributed by atoms with Crippen LogP contribution in [0.4, 0.5) is 11.6 Å². The van der Waals surface area contributed by atoms with Gasteiger partial charge in [0.1, 0.15) is 11.6 Å². The van der Waals surface area contributed by atoms with Gasteiger partial charge in [0.05, 0.1) is 0 Å². The number of rotatable bonds is 10. The van der Waals surface area contributed by atoms with Crippen molar-refractivity contribution in [1.29, 1.82) is 0 Å². The second kappa shape index (κ2) is 9.71. The molecule has 0 aliphatic carbocycles. The van der Waals surface area contributed by atoms with Gasteiger partial charge in [-0.2, -0.15) is 0 Å². The predicted octanol–water partition coefficient (Wildman–Crippen LogP) is 2.87. The summed E-state index contributed by atoms with van der Waals surface area (Å²) in [4.78, 5) is 4.48. The van der Waals surface area contributed by atoms with Crippen LogP contribution in [0.25, 0.3) is 0 Å². The number of unbranched alkanes of at least 4 members (excludes halogenated alkanes) is 3. The number of aliphatic hydroxyl groups excluding tert-OH is 1. The normalized spacial score (nSPS) is 10.3. The number of hydrogen-bond acceptors (Lipinski definition) is 4. The van der Waals surface area contributed by atoms with Gasteiger partial charge in [0.25, 0.3) is 0 Å². The Kier molecular flexibility index (Phi) is 7.97. The van der Waals surface area contributed by atoms with E-state index < -0.39 is 0 Å². The first-order chi connectivity index (χ1) is 8.86. The number of aliphatic hydroxyl groups is 1. The van der Waals surface area contributed by atoms with Crippen LogP contribution >= 0.6 is 0 Å². The van der Waals surface area contributed by atoms with Gasteiger partial charge in [-0.25, -0.2) is 4.98 Å². The fourth-order valence-corrected chi connectivity index (χ4v) is 1.69. The SMILES string of the molecule is CCCNc1cccc(NCCCCCCO)n1. The van der Waals surface area contributed by atoms with E-state index >= 15 is 0 Å². The van der Waals surface area contributed by atoms with Crippen molar-refractivity contribution in [1.82, 2.24) is 4.98 Å². The number of hydrogen-bond donors (Lipinski definition) is 3. The zero-order valence-electron chi connectivity index (χ0n) is 11.3. The molecule has 1 heterocycles. The molecular formula is C14H25N3O. The molecule has 0 atom stereocenters. The molecule has 0 bridgehead atoms. The molecule has 0 spiro atoms. The number of pyridine rings is 1. The summed E-state index contributed by atoms with van der Waals surface area (Å²) in [6.07, 6.45) is 5.39. The van der Waals surface area contributed by atoms with E-state index in [0.29, 0.717) is 6.61 Å². The molecule has 102 valence electrons. The molecule has 1 aromatic rings. The maximum atomic E-state index is 8.67. The molecule has 0 amide bonds. The quantitative estimate of drug-likeness (QED) is 0.560. The highest BCUT2D eigenvalue weighted by molar-refractivity contribution is 5.44. The molecular weight excluding hydrogens is 226 g/mol. The Hall–Kier alpha value is -1.29. The first kappa shape index (κ1) is 14.8. The second-order valence-corrected chi connectivity index (χ2v) is 4.40. The maximum absolute atomic E-state index is 8.67. The van der Waals surface area contributed by atoms with Crippen LogP contribution in [0.2, 0.25) is 0 Å². The van der Waals surface area contributed by atoms with Crippen LogP contribution in [0.1, 0.15) is 39.0 Å². The number of nitrogens with one attached hydrogen (secondary N) is 2. The van der Waals surface area contributed by atoms with Crippen molar-refractivity contribution in [2.45, 2.75) is 39.0 Å². The monoisotopic (exact) mass is 251 g/mol. The van der Waals surface area contributed by atoms with Crippen LogP contribution in [-0.4, -0.2) is 29.8 Å². The highest BCUT2D eigenvalue weighted by atomic mass is 16.2. The Labute approximate surface area is 110 Å². The van der Waals surface area contributed by atoms with E-state index in [9.17, 15) is 0 Å². The zero-order valence-corrected chi connectivity index (χ0v) is 11.3. The van der Waals surface area contributed by atoms with Gasteiger partial charge in [-0.3, -0.25) is 0 Å². The smallest absolute Gasteiger partial charge is 0.128 e. The van der Waals surface area contributed by atoms with Crippen molar-refractivity contribution in [2.24, 2.45) is 0 Å². The lowest BCUT2D eigenvalue weighted by molar-refractivity contribution is 0.283. The lowest BCUT2D eigenvalue weighted by Crippen LogP contribution is -2.06. The molecule has 0 radical (unpaired) electrons. The van der Waals surface area contributed by atoms with E-state index in [1.165, 1.54) is 0 Å². The number of nitrogens with zero attached hydrogens (tertiary/aromatic N) is 1. The summed E-state index contributed by atoms with van der Waals surface area (Å²) >= 11 is 0. The first-order valence-corrected chi connectivity index (χ1v) is 6.92. The number of aromatic nitrogens is 1. The Balaban J connectivity index is 2.20. The highest BCUT2D eigenvalue weighted by Crippen LogP contribution is 2.09. The van der Waals surface area contributed by atoms with E-state index in [1.807, 2.05) is 18.2 Å². The Morgan fingerprint density at radius 3 is 2.33 bits per heavy atom. The van der Waals surface area contributed by atoms with Crippen LogP contribution in [0.5, 0.6) is 0 Å². The lowest BCUT2D eigenvalue weighted by Gasteiger charge is -2.08. The molecule has 0 aliphatic heterocycles. The van der Waals surface area contributed by atoms with E-state index in [4.69, 9.17) is 5.11 Å². The molecule has 4 heteroatoms. The molecule has 1 aromatic heterocycles. The average molecular weight is 251 g/mol. The molecule has 18 heavy (non-hydrogen) atoms. The summed E-state index contributed by atoms with van der Waals surface area (Å²) in [7, 11) is 0. The van der Waals surface area contributed by atoms with Gasteiger partial charge in [0.2, 0.25) is 0 Å². The van der Waals surface area contributed by atoms with Crippen molar-refractivity contribution in [3.8, 4) is 0 Å². The highest BCUT2D eigenvalue weighted by Gasteiger charge is 1.96. The molecule has 0 saturated heterocycles. The third-order valence-corrected chi connectivity index (χ3v) is 2.70. The molecule has 3 N–H and O–H groups in total. The van der Waals surface area contributed by atoms with E-state index in [1.54, 1.807) is 0 Å². The first-order valence-electron chi connectivity index (χ1n) is 6.92. The van der Waals surface area contributed by atoms with Crippen molar-refractivity contribution < 1.29 is 5.11 Å². The molecule has 0 fully saturated rings. The summed E-state index contributed by atoms with van der Waals surface area (Å²) in [5.74, 6) is 1.86. The fourth-order valence-electron chi connectivity index (χ4n) is 1.69. The Bertz CT molecular complexity index is 318. The van der Waals surface area contributed by atoms with Gasteiger partial charge in [0, 0.05) is 19.7 Å². The minimum Gasteiger partial charge on any atom is -0.396 e. The zero-order chi connectivity index (χ0) is 13.1. The van der Waals surface area contributed by atoms with Crippen LogP contribution in [0, 0.1) is 0 Å². The van der Waals surface area contributed by atoms with Crippen LogP contribution < -0.4 is 10.6 Å². The molecule has 0 saturated carbocycles. The topological polar surface area (TPSA) is 57.2 Å². The summed E-state index contributed by atoms with van der Waals surface area (Å²) in [5.41, 5.74) is 0. The molecule has 0 aliphatic rings. The molecule has 4 nitrogen and oxygen atoms in total.